The lowest BCUT2D eigenvalue weighted by atomic mass is 10.3. The van der Waals surface area contributed by atoms with Gasteiger partial charge in [-0.15, -0.1) is 6.42 Å². The van der Waals surface area contributed by atoms with Crippen LogP contribution in [-0.2, 0) is 4.79 Å². The van der Waals surface area contributed by atoms with E-state index in [0.29, 0.717) is 6.42 Å². The van der Waals surface area contributed by atoms with Gasteiger partial charge in [0.05, 0.1) is 12.2 Å². The monoisotopic (exact) mass is 332 g/mol. The average Bonchev–Trinajstić information content (AvgIpc) is 2.93. The van der Waals surface area contributed by atoms with Crippen LogP contribution in [0.2, 0.25) is 0 Å². The standard InChI is InChI=1S/C15H16N4OS2/c1-4-6-19(13(20)5-7-21-3)15-11(2)18-14(22-15)12-8-16-10-17-9-12/h1,8-10H,5-7H2,2-3H3. The van der Waals surface area contributed by atoms with Crippen LogP contribution in [0.1, 0.15) is 12.1 Å². The van der Waals surface area contributed by atoms with Gasteiger partial charge < -0.3 is 0 Å². The van der Waals surface area contributed by atoms with Gasteiger partial charge in [-0.1, -0.05) is 17.3 Å². The minimum Gasteiger partial charge on any atom is -0.290 e. The lowest BCUT2D eigenvalue weighted by Gasteiger charge is -2.18. The molecule has 0 fully saturated rings. The maximum Gasteiger partial charge on any atom is 0.229 e. The molecule has 0 saturated heterocycles. The summed E-state index contributed by atoms with van der Waals surface area (Å²) in [5.41, 5.74) is 1.62. The lowest BCUT2D eigenvalue weighted by Crippen LogP contribution is -2.31. The Hall–Kier alpha value is -1.91. The molecule has 0 radical (unpaired) electrons. The van der Waals surface area contributed by atoms with Crippen LogP contribution in [0, 0.1) is 19.3 Å². The number of hydrogen-bond acceptors (Lipinski definition) is 6. The first-order chi connectivity index (χ1) is 10.7. The highest BCUT2D eigenvalue weighted by atomic mass is 32.2. The van der Waals surface area contributed by atoms with Gasteiger partial charge in [0.1, 0.15) is 16.3 Å². The number of nitrogens with zero attached hydrogens (tertiary/aromatic N) is 4. The summed E-state index contributed by atoms with van der Waals surface area (Å²) >= 11 is 3.07. The number of terminal acetylenes is 1. The van der Waals surface area contributed by atoms with Crippen molar-refractivity contribution in [2.75, 3.05) is 23.5 Å². The summed E-state index contributed by atoms with van der Waals surface area (Å²) in [5, 5.41) is 1.58. The van der Waals surface area contributed by atoms with Gasteiger partial charge in [-0.2, -0.15) is 11.8 Å². The Labute approximate surface area is 138 Å². The van der Waals surface area contributed by atoms with Crippen molar-refractivity contribution in [1.82, 2.24) is 15.0 Å². The topological polar surface area (TPSA) is 59.0 Å². The van der Waals surface area contributed by atoms with Crippen LogP contribution in [0.4, 0.5) is 5.00 Å². The molecule has 7 heteroatoms. The first-order valence-corrected chi connectivity index (χ1v) is 8.84. The number of carbonyl (C=O) groups excluding carboxylic acids is 1. The minimum absolute atomic E-state index is 0.0231. The van der Waals surface area contributed by atoms with Gasteiger partial charge in [0.25, 0.3) is 0 Å². The van der Waals surface area contributed by atoms with Gasteiger partial charge in [0, 0.05) is 30.1 Å². The van der Waals surface area contributed by atoms with Crippen molar-refractivity contribution in [3.63, 3.8) is 0 Å². The summed E-state index contributed by atoms with van der Waals surface area (Å²) in [6, 6.07) is 0. The zero-order chi connectivity index (χ0) is 15.9. The van der Waals surface area contributed by atoms with E-state index >= 15 is 0 Å². The summed E-state index contributed by atoms with van der Waals surface area (Å²) in [7, 11) is 0. The molecule has 2 heterocycles. The molecule has 1 amide bonds. The Balaban J connectivity index is 2.31. The predicted octanol–water partition coefficient (Wildman–Crippen LogP) is 2.63. The minimum atomic E-state index is 0.0231. The van der Waals surface area contributed by atoms with Gasteiger partial charge in [-0.05, 0) is 13.2 Å². The first-order valence-electron chi connectivity index (χ1n) is 6.63. The highest BCUT2D eigenvalue weighted by molar-refractivity contribution is 7.98. The molecule has 0 saturated carbocycles. The molecule has 22 heavy (non-hydrogen) atoms. The van der Waals surface area contributed by atoms with Crippen molar-refractivity contribution in [2.24, 2.45) is 0 Å². The van der Waals surface area contributed by atoms with Crippen molar-refractivity contribution in [3.05, 3.63) is 24.4 Å². The molecule has 5 nitrogen and oxygen atoms in total. The van der Waals surface area contributed by atoms with Gasteiger partial charge in [-0.25, -0.2) is 15.0 Å². The van der Waals surface area contributed by atoms with E-state index < -0.39 is 0 Å². The molecule has 2 rings (SSSR count). The number of thiazole rings is 1. The number of rotatable bonds is 6. The smallest absolute Gasteiger partial charge is 0.229 e. The third-order valence-electron chi connectivity index (χ3n) is 2.90. The number of aryl methyl sites for hydroxylation is 1. The van der Waals surface area contributed by atoms with E-state index in [4.69, 9.17) is 6.42 Å². The van der Waals surface area contributed by atoms with E-state index in [-0.39, 0.29) is 12.5 Å². The van der Waals surface area contributed by atoms with Crippen molar-refractivity contribution in [3.8, 4) is 22.9 Å². The van der Waals surface area contributed by atoms with Crippen LogP contribution in [-0.4, -0.2) is 39.4 Å². The Morgan fingerprint density at radius 1 is 1.45 bits per heavy atom. The Bertz CT molecular complexity index is 679. The van der Waals surface area contributed by atoms with Crippen LogP contribution < -0.4 is 4.90 Å². The summed E-state index contributed by atoms with van der Waals surface area (Å²) in [5.74, 6) is 3.35. The molecular formula is C15H16N4OS2. The van der Waals surface area contributed by atoms with Crippen LogP contribution in [0.5, 0.6) is 0 Å². The molecule has 2 aromatic heterocycles. The molecule has 0 aliphatic carbocycles. The van der Waals surface area contributed by atoms with Crippen LogP contribution in [0.25, 0.3) is 10.6 Å². The summed E-state index contributed by atoms with van der Waals surface area (Å²) in [6.07, 6.45) is 12.7. The average molecular weight is 332 g/mol. The third-order valence-corrected chi connectivity index (χ3v) is 4.74. The number of aromatic nitrogens is 3. The molecule has 0 aromatic carbocycles. The third kappa shape index (κ3) is 3.84. The molecule has 0 bridgehead atoms. The fraction of sp³-hybridized carbons (Fsp3) is 0.333. The number of amides is 1. The van der Waals surface area contributed by atoms with Crippen LogP contribution in [0.15, 0.2) is 18.7 Å². The molecule has 0 aliphatic heterocycles. The normalized spacial score (nSPS) is 10.2. The number of hydrogen-bond donors (Lipinski definition) is 0. The van der Waals surface area contributed by atoms with Crippen molar-refractivity contribution in [2.45, 2.75) is 13.3 Å². The quantitative estimate of drug-likeness (QED) is 0.761. The Kier molecular flexibility index (Phi) is 5.92. The number of thioether (sulfide) groups is 1. The largest absolute Gasteiger partial charge is 0.290 e. The van der Waals surface area contributed by atoms with E-state index in [1.807, 2.05) is 13.2 Å². The fourth-order valence-electron chi connectivity index (χ4n) is 1.86. The predicted molar refractivity (Wildman–Crippen MR) is 92.1 cm³/mol. The maximum absolute atomic E-state index is 12.4. The molecule has 0 atom stereocenters. The SMILES string of the molecule is C#CCN(C(=O)CCSC)c1sc(-c2cncnc2)nc1C. The van der Waals surface area contributed by atoms with E-state index in [0.717, 1.165) is 27.0 Å². The molecule has 114 valence electrons. The van der Waals surface area contributed by atoms with Gasteiger partial charge >= 0.3 is 0 Å². The van der Waals surface area contributed by atoms with Crippen molar-refractivity contribution >= 4 is 34.0 Å². The van der Waals surface area contributed by atoms with Crippen molar-refractivity contribution < 1.29 is 4.79 Å². The molecule has 2 aromatic rings. The molecule has 0 unspecified atom stereocenters. The van der Waals surface area contributed by atoms with Gasteiger partial charge in [0.15, 0.2) is 0 Å². The van der Waals surface area contributed by atoms with E-state index in [2.05, 4.69) is 20.9 Å². The first kappa shape index (κ1) is 16.5. The highest BCUT2D eigenvalue weighted by Gasteiger charge is 2.20. The molecule has 0 N–H and O–H groups in total. The lowest BCUT2D eigenvalue weighted by molar-refractivity contribution is -0.118. The van der Waals surface area contributed by atoms with Gasteiger partial charge in [0.2, 0.25) is 5.91 Å². The van der Waals surface area contributed by atoms with Crippen molar-refractivity contribution in [1.29, 1.82) is 0 Å². The summed E-state index contributed by atoms with van der Waals surface area (Å²) in [4.78, 5) is 26.5. The highest BCUT2D eigenvalue weighted by Crippen LogP contribution is 2.34. The molecular weight excluding hydrogens is 316 g/mol. The second kappa shape index (κ2) is 7.92. The zero-order valence-electron chi connectivity index (χ0n) is 12.4. The fourth-order valence-corrected chi connectivity index (χ4v) is 3.30. The van der Waals surface area contributed by atoms with Gasteiger partial charge in [-0.3, -0.25) is 9.69 Å². The number of carbonyl (C=O) groups is 1. The Morgan fingerprint density at radius 2 is 2.18 bits per heavy atom. The summed E-state index contributed by atoms with van der Waals surface area (Å²) in [6.45, 7) is 2.13. The van der Waals surface area contributed by atoms with E-state index in [1.54, 1.807) is 29.1 Å². The van der Waals surface area contributed by atoms with Crippen LogP contribution in [0.3, 0.4) is 0 Å². The Morgan fingerprint density at radius 3 is 2.82 bits per heavy atom. The summed E-state index contributed by atoms with van der Waals surface area (Å²) < 4.78 is 0. The van der Waals surface area contributed by atoms with E-state index in [1.165, 1.54) is 17.7 Å². The second-order valence-electron chi connectivity index (χ2n) is 4.46. The zero-order valence-corrected chi connectivity index (χ0v) is 14.1. The molecule has 0 spiro atoms. The maximum atomic E-state index is 12.4. The van der Waals surface area contributed by atoms with Crippen LogP contribution >= 0.6 is 23.1 Å². The molecule has 0 aliphatic rings. The van der Waals surface area contributed by atoms with E-state index in [9.17, 15) is 4.79 Å². The number of anilines is 1. The second-order valence-corrected chi connectivity index (χ2v) is 6.43.